The van der Waals surface area contributed by atoms with Crippen LogP contribution in [0, 0.1) is 13.8 Å². The molecule has 0 saturated carbocycles. The second-order valence-electron chi connectivity index (χ2n) is 10.3. The molecule has 0 fully saturated rings. The predicted molar refractivity (Wildman–Crippen MR) is 138 cm³/mol. The zero-order chi connectivity index (χ0) is 22.2. The molecular formula is C33H28. The van der Waals surface area contributed by atoms with Gasteiger partial charge in [0.1, 0.15) is 0 Å². The van der Waals surface area contributed by atoms with Gasteiger partial charge >= 0.3 is 0 Å². The maximum atomic E-state index is 2.68. The van der Waals surface area contributed by atoms with E-state index in [2.05, 4.69) is 105 Å². The van der Waals surface area contributed by atoms with Crippen LogP contribution >= 0.6 is 0 Å². The minimum absolute atomic E-state index is 0.0322. The molecule has 0 aliphatic heterocycles. The van der Waals surface area contributed by atoms with Crippen LogP contribution in [0.3, 0.4) is 0 Å². The SMILES string of the molecule is Cc1ccc2c3c1CC(c1ccccc1)=CC31CC(c3ccccc3)Cc3c(C)ccc-2c31. The molecule has 0 amide bonds. The Bertz CT molecular complexity index is 1440. The third-order valence-corrected chi connectivity index (χ3v) is 8.50. The van der Waals surface area contributed by atoms with Crippen molar-refractivity contribution < 1.29 is 0 Å². The molecule has 2 unspecified atom stereocenters. The molecule has 7 rings (SSSR count). The summed E-state index contributed by atoms with van der Waals surface area (Å²) >= 11 is 0. The van der Waals surface area contributed by atoms with Gasteiger partial charge in [-0.3, -0.25) is 0 Å². The zero-order valence-electron chi connectivity index (χ0n) is 19.4. The molecule has 0 radical (unpaired) electrons. The third kappa shape index (κ3) is 2.58. The van der Waals surface area contributed by atoms with E-state index in [1.54, 1.807) is 22.3 Å². The molecule has 0 nitrogen and oxygen atoms in total. The van der Waals surface area contributed by atoms with Gasteiger partial charge in [0.25, 0.3) is 0 Å². The highest BCUT2D eigenvalue weighted by Crippen LogP contribution is 2.62. The summed E-state index contributed by atoms with van der Waals surface area (Å²) in [5, 5.41) is 0. The van der Waals surface area contributed by atoms with Gasteiger partial charge in [-0.2, -0.15) is 0 Å². The molecule has 1 spiro atoms. The Hall–Kier alpha value is -3.38. The van der Waals surface area contributed by atoms with Crippen LogP contribution < -0.4 is 0 Å². The zero-order valence-corrected chi connectivity index (χ0v) is 19.4. The Morgan fingerprint density at radius 3 is 1.97 bits per heavy atom. The molecule has 0 aromatic heterocycles. The maximum Gasteiger partial charge on any atom is 0.0411 e. The molecule has 33 heavy (non-hydrogen) atoms. The average molecular weight is 425 g/mol. The van der Waals surface area contributed by atoms with E-state index in [9.17, 15) is 0 Å². The Morgan fingerprint density at radius 2 is 1.27 bits per heavy atom. The van der Waals surface area contributed by atoms with Crippen LogP contribution in [0.1, 0.15) is 56.8 Å². The monoisotopic (exact) mass is 424 g/mol. The van der Waals surface area contributed by atoms with Crippen LogP contribution in [-0.2, 0) is 18.3 Å². The van der Waals surface area contributed by atoms with Crippen LogP contribution in [0.4, 0.5) is 0 Å². The maximum absolute atomic E-state index is 2.68. The summed E-state index contributed by atoms with van der Waals surface area (Å²) < 4.78 is 0. The summed E-state index contributed by atoms with van der Waals surface area (Å²) in [5.41, 5.74) is 16.5. The molecule has 0 heteroatoms. The van der Waals surface area contributed by atoms with Gasteiger partial charge < -0.3 is 0 Å². The van der Waals surface area contributed by atoms with Crippen molar-refractivity contribution in [3.8, 4) is 11.1 Å². The van der Waals surface area contributed by atoms with E-state index in [1.807, 2.05) is 0 Å². The lowest BCUT2D eigenvalue weighted by Gasteiger charge is -2.43. The molecule has 3 aliphatic rings. The van der Waals surface area contributed by atoms with Crippen molar-refractivity contribution in [2.45, 2.75) is 44.4 Å². The fraction of sp³-hybridized carbons (Fsp3) is 0.212. The number of aryl methyl sites for hydroxylation is 2. The van der Waals surface area contributed by atoms with Crippen molar-refractivity contribution >= 4 is 5.57 Å². The number of benzene rings is 4. The highest BCUT2D eigenvalue weighted by molar-refractivity contribution is 5.91. The van der Waals surface area contributed by atoms with E-state index >= 15 is 0 Å². The smallest absolute Gasteiger partial charge is 0.0411 e. The highest BCUT2D eigenvalue weighted by Gasteiger charge is 2.50. The summed E-state index contributed by atoms with van der Waals surface area (Å²) in [4.78, 5) is 0. The number of fused-ring (bicyclic) bond motifs is 1. The summed E-state index contributed by atoms with van der Waals surface area (Å²) in [6.45, 7) is 4.63. The number of hydrogen-bond acceptors (Lipinski definition) is 0. The summed E-state index contributed by atoms with van der Waals surface area (Å²) in [6.07, 6.45) is 5.99. The molecule has 4 aromatic carbocycles. The lowest BCUT2D eigenvalue weighted by molar-refractivity contribution is 0.460. The first kappa shape index (κ1) is 19.1. The van der Waals surface area contributed by atoms with Gasteiger partial charge in [0.2, 0.25) is 0 Å². The van der Waals surface area contributed by atoms with Crippen LogP contribution in [0.2, 0.25) is 0 Å². The van der Waals surface area contributed by atoms with Crippen molar-refractivity contribution in [1.82, 2.24) is 0 Å². The predicted octanol–water partition coefficient (Wildman–Crippen LogP) is 7.94. The summed E-state index contributed by atoms with van der Waals surface area (Å²) in [7, 11) is 0. The fourth-order valence-corrected chi connectivity index (χ4v) is 7.04. The second kappa shape index (κ2) is 6.81. The van der Waals surface area contributed by atoms with E-state index in [4.69, 9.17) is 0 Å². The van der Waals surface area contributed by atoms with Gasteiger partial charge in [0.05, 0.1) is 0 Å². The van der Waals surface area contributed by atoms with Crippen LogP contribution in [0.5, 0.6) is 0 Å². The molecule has 4 aromatic rings. The third-order valence-electron chi connectivity index (χ3n) is 8.50. The fourth-order valence-electron chi connectivity index (χ4n) is 7.04. The van der Waals surface area contributed by atoms with Crippen molar-refractivity contribution in [2.75, 3.05) is 0 Å². The van der Waals surface area contributed by atoms with Crippen LogP contribution in [-0.4, -0.2) is 0 Å². The Labute approximate surface area is 196 Å². The Balaban J connectivity index is 1.56. The topological polar surface area (TPSA) is 0 Å². The molecule has 3 aliphatic carbocycles. The molecule has 160 valence electrons. The standard InChI is InChI=1S/C33H28/c1-21-13-15-27-28-16-14-22(2)30-18-26(24-11-7-4-8-12-24)20-33(32(28)30)19-25(17-29(21)31(27)33)23-9-5-3-6-10-23/h3-16,19,26H,17-18,20H2,1-2H3. The Morgan fingerprint density at radius 1 is 0.667 bits per heavy atom. The number of allylic oxidation sites excluding steroid dienone is 2. The van der Waals surface area contributed by atoms with Crippen molar-refractivity contribution in [1.29, 1.82) is 0 Å². The van der Waals surface area contributed by atoms with Gasteiger partial charge in [0, 0.05) is 5.41 Å². The van der Waals surface area contributed by atoms with E-state index in [-0.39, 0.29) is 5.41 Å². The minimum Gasteiger partial charge on any atom is -0.0654 e. The van der Waals surface area contributed by atoms with Crippen LogP contribution in [0.15, 0.2) is 91.0 Å². The first-order valence-corrected chi connectivity index (χ1v) is 12.2. The van der Waals surface area contributed by atoms with Crippen molar-refractivity contribution in [3.05, 3.63) is 136 Å². The van der Waals surface area contributed by atoms with Crippen molar-refractivity contribution in [2.24, 2.45) is 0 Å². The lowest BCUT2D eigenvalue weighted by atomic mass is 9.59. The normalized spacial score (nSPS) is 21.9. The van der Waals surface area contributed by atoms with E-state index in [0.717, 1.165) is 19.3 Å². The van der Waals surface area contributed by atoms with Gasteiger partial charge in [-0.25, -0.2) is 0 Å². The first-order valence-electron chi connectivity index (χ1n) is 12.2. The van der Waals surface area contributed by atoms with Crippen LogP contribution in [0.25, 0.3) is 16.7 Å². The molecule has 2 atom stereocenters. The summed E-state index contributed by atoms with van der Waals surface area (Å²) in [5.74, 6) is 0.526. The molecule has 0 N–H and O–H groups in total. The lowest BCUT2D eigenvalue weighted by Crippen LogP contribution is -2.35. The van der Waals surface area contributed by atoms with Gasteiger partial charge in [-0.15, -0.1) is 0 Å². The van der Waals surface area contributed by atoms with E-state index in [0.29, 0.717) is 5.92 Å². The molecule has 0 bridgehead atoms. The largest absolute Gasteiger partial charge is 0.0654 e. The summed E-state index contributed by atoms with van der Waals surface area (Å²) in [6, 6.07) is 31.8. The Kier molecular flexibility index (Phi) is 3.95. The highest BCUT2D eigenvalue weighted by atomic mass is 14.5. The van der Waals surface area contributed by atoms with E-state index in [1.165, 1.54) is 39.0 Å². The van der Waals surface area contributed by atoms with E-state index < -0.39 is 0 Å². The van der Waals surface area contributed by atoms with Gasteiger partial charge in [-0.05, 0) is 100 Å². The average Bonchev–Trinajstić information content (AvgIpc) is 3.15. The molecule has 0 heterocycles. The molecular weight excluding hydrogens is 396 g/mol. The second-order valence-corrected chi connectivity index (χ2v) is 10.3. The number of hydrogen-bond donors (Lipinski definition) is 0. The quantitative estimate of drug-likeness (QED) is 0.306. The minimum atomic E-state index is -0.0322. The van der Waals surface area contributed by atoms with Gasteiger partial charge in [-0.1, -0.05) is 91.0 Å². The number of rotatable bonds is 2. The first-order chi connectivity index (χ1) is 16.2. The van der Waals surface area contributed by atoms with Gasteiger partial charge in [0.15, 0.2) is 0 Å². The van der Waals surface area contributed by atoms with Crippen molar-refractivity contribution in [3.63, 3.8) is 0 Å². The molecule has 0 saturated heterocycles.